The van der Waals surface area contributed by atoms with Gasteiger partial charge in [-0.2, -0.15) is 0 Å². The van der Waals surface area contributed by atoms with Crippen LogP contribution in [0.5, 0.6) is 0 Å². The zero-order valence-electron chi connectivity index (χ0n) is 10.5. The summed E-state index contributed by atoms with van der Waals surface area (Å²) in [6.07, 6.45) is 6.93. The number of hydrogen-bond acceptors (Lipinski definition) is 2. The van der Waals surface area contributed by atoms with Crippen molar-refractivity contribution in [3.05, 3.63) is 59.4 Å². The van der Waals surface area contributed by atoms with E-state index in [1.807, 2.05) is 18.3 Å². The fraction of sp³-hybridized carbons (Fsp3) is 0.312. The minimum Gasteiger partial charge on any atom is -0.379 e. The van der Waals surface area contributed by atoms with Crippen molar-refractivity contribution < 1.29 is 0 Å². The molecule has 2 aromatic rings. The number of anilines is 1. The van der Waals surface area contributed by atoms with Gasteiger partial charge in [0.2, 0.25) is 0 Å². The molecular formula is C16H18N2. The van der Waals surface area contributed by atoms with Crippen LogP contribution in [0.15, 0.2) is 42.6 Å². The van der Waals surface area contributed by atoms with Gasteiger partial charge in [0.15, 0.2) is 0 Å². The SMILES string of the molecule is c1ccc(CNc2cccc3c2CCCC3)nc1. The van der Waals surface area contributed by atoms with Gasteiger partial charge in [-0.3, -0.25) is 4.98 Å². The Morgan fingerprint density at radius 2 is 1.94 bits per heavy atom. The first-order valence-electron chi connectivity index (χ1n) is 6.68. The summed E-state index contributed by atoms with van der Waals surface area (Å²) in [4.78, 5) is 4.34. The number of benzene rings is 1. The predicted molar refractivity (Wildman–Crippen MR) is 74.6 cm³/mol. The maximum absolute atomic E-state index is 4.34. The zero-order chi connectivity index (χ0) is 12.2. The second kappa shape index (κ2) is 5.21. The molecule has 0 radical (unpaired) electrons. The lowest BCUT2D eigenvalue weighted by molar-refractivity contribution is 0.686. The number of pyridine rings is 1. The van der Waals surface area contributed by atoms with Crippen molar-refractivity contribution in [2.24, 2.45) is 0 Å². The molecule has 0 saturated carbocycles. The number of hydrogen-bond donors (Lipinski definition) is 1. The van der Waals surface area contributed by atoms with Gasteiger partial charge >= 0.3 is 0 Å². The van der Waals surface area contributed by atoms with Gasteiger partial charge < -0.3 is 5.32 Å². The fourth-order valence-electron chi connectivity index (χ4n) is 2.64. The molecule has 1 aromatic heterocycles. The van der Waals surface area contributed by atoms with Crippen LogP contribution in [0.3, 0.4) is 0 Å². The van der Waals surface area contributed by atoms with Crippen molar-refractivity contribution in [3.8, 4) is 0 Å². The lowest BCUT2D eigenvalue weighted by Gasteiger charge is -2.20. The molecule has 2 nitrogen and oxygen atoms in total. The minimum atomic E-state index is 0.803. The van der Waals surface area contributed by atoms with Crippen molar-refractivity contribution in [1.82, 2.24) is 4.98 Å². The average molecular weight is 238 g/mol. The van der Waals surface area contributed by atoms with E-state index in [-0.39, 0.29) is 0 Å². The molecule has 0 bridgehead atoms. The quantitative estimate of drug-likeness (QED) is 0.884. The van der Waals surface area contributed by atoms with Crippen LogP contribution in [-0.2, 0) is 19.4 Å². The summed E-state index contributed by atoms with van der Waals surface area (Å²) in [7, 11) is 0. The van der Waals surface area contributed by atoms with Crippen molar-refractivity contribution in [2.45, 2.75) is 32.2 Å². The van der Waals surface area contributed by atoms with Crippen molar-refractivity contribution in [2.75, 3.05) is 5.32 Å². The first-order chi connectivity index (χ1) is 8.93. The predicted octanol–water partition coefficient (Wildman–Crippen LogP) is 3.57. The van der Waals surface area contributed by atoms with E-state index < -0.39 is 0 Å². The molecule has 0 unspecified atom stereocenters. The van der Waals surface area contributed by atoms with Crippen molar-refractivity contribution in [1.29, 1.82) is 0 Å². The van der Waals surface area contributed by atoms with Crippen LogP contribution in [-0.4, -0.2) is 4.98 Å². The van der Waals surface area contributed by atoms with Crippen LogP contribution in [0.1, 0.15) is 29.7 Å². The molecule has 3 rings (SSSR count). The van der Waals surface area contributed by atoms with E-state index in [1.54, 1.807) is 0 Å². The van der Waals surface area contributed by atoms with Crippen LogP contribution in [0.25, 0.3) is 0 Å². The number of nitrogens with zero attached hydrogens (tertiary/aromatic N) is 1. The molecule has 0 aliphatic heterocycles. The molecule has 2 heteroatoms. The average Bonchev–Trinajstić information content (AvgIpc) is 2.46. The molecule has 0 amide bonds. The van der Waals surface area contributed by atoms with Gasteiger partial charge in [-0.1, -0.05) is 18.2 Å². The highest BCUT2D eigenvalue weighted by Gasteiger charge is 2.12. The number of rotatable bonds is 3. The van der Waals surface area contributed by atoms with Crippen LogP contribution >= 0.6 is 0 Å². The van der Waals surface area contributed by atoms with Gasteiger partial charge in [-0.25, -0.2) is 0 Å². The van der Waals surface area contributed by atoms with E-state index in [2.05, 4.69) is 34.6 Å². The van der Waals surface area contributed by atoms with E-state index in [0.717, 1.165) is 12.2 Å². The number of fused-ring (bicyclic) bond motifs is 1. The third kappa shape index (κ3) is 2.37. The lowest BCUT2D eigenvalue weighted by atomic mass is 9.90. The van der Waals surface area contributed by atoms with Crippen molar-refractivity contribution >= 4 is 5.69 Å². The van der Waals surface area contributed by atoms with Gasteiger partial charge in [-0.05, 0) is 55.0 Å². The molecule has 0 saturated heterocycles. The van der Waals surface area contributed by atoms with Gasteiger partial charge in [-0.15, -0.1) is 0 Å². The maximum atomic E-state index is 4.34. The topological polar surface area (TPSA) is 24.9 Å². The summed E-state index contributed by atoms with van der Waals surface area (Å²) in [5.41, 5.74) is 5.41. The Morgan fingerprint density at radius 3 is 2.83 bits per heavy atom. The van der Waals surface area contributed by atoms with Crippen LogP contribution < -0.4 is 5.32 Å². The standard InChI is InChI=1S/C16H18N2/c1-2-9-15-13(6-1)7-5-10-16(15)18-12-14-8-3-4-11-17-14/h3-5,7-8,10-11,18H,1-2,6,9,12H2. The Balaban J connectivity index is 1.77. The Labute approximate surface area is 108 Å². The minimum absolute atomic E-state index is 0.803. The Hall–Kier alpha value is -1.83. The van der Waals surface area contributed by atoms with Gasteiger partial charge in [0, 0.05) is 11.9 Å². The van der Waals surface area contributed by atoms with Crippen molar-refractivity contribution in [3.63, 3.8) is 0 Å². The first-order valence-corrected chi connectivity index (χ1v) is 6.68. The molecule has 1 aliphatic carbocycles. The highest BCUT2D eigenvalue weighted by Crippen LogP contribution is 2.27. The fourth-order valence-corrected chi connectivity index (χ4v) is 2.64. The summed E-state index contributed by atoms with van der Waals surface area (Å²) >= 11 is 0. The van der Waals surface area contributed by atoms with E-state index in [9.17, 15) is 0 Å². The summed E-state index contributed by atoms with van der Waals surface area (Å²) in [6.45, 7) is 0.803. The molecule has 1 aliphatic rings. The second-order valence-corrected chi connectivity index (χ2v) is 4.82. The molecule has 0 fully saturated rings. The highest BCUT2D eigenvalue weighted by molar-refractivity contribution is 5.55. The van der Waals surface area contributed by atoms with Gasteiger partial charge in [0.1, 0.15) is 0 Å². The normalized spacial score (nSPS) is 14.0. The summed E-state index contributed by atoms with van der Waals surface area (Å²) in [5.74, 6) is 0. The first kappa shape index (κ1) is 11.3. The Morgan fingerprint density at radius 1 is 1.00 bits per heavy atom. The van der Waals surface area contributed by atoms with Gasteiger partial charge in [0.05, 0.1) is 12.2 Å². The summed E-state index contributed by atoms with van der Waals surface area (Å²) in [5, 5.41) is 3.53. The number of nitrogens with one attached hydrogen (secondary N) is 1. The molecule has 1 aromatic carbocycles. The third-order valence-corrected chi connectivity index (χ3v) is 3.58. The lowest BCUT2D eigenvalue weighted by Crippen LogP contribution is -2.09. The molecule has 1 heterocycles. The largest absolute Gasteiger partial charge is 0.379 e. The van der Waals surface area contributed by atoms with E-state index >= 15 is 0 Å². The Bertz CT molecular complexity index is 520. The highest BCUT2D eigenvalue weighted by atomic mass is 14.9. The maximum Gasteiger partial charge on any atom is 0.0594 e. The molecular weight excluding hydrogens is 220 g/mol. The van der Waals surface area contributed by atoms with E-state index in [1.165, 1.54) is 42.5 Å². The molecule has 1 N–H and O–H groups in total. The smallest absolute Gasteiger partial charge is 0.0594 e. The van der Waals surface area contributed by atoms with Crippen LogP contribution in [0.2, 0.25) is 0 Å². The molecule has 0 atom stereocenters. The second-order valence-electron chi connectivity index (χ2n) is 4.82. The molecule has 18 heavy (non-hydrogen) atoms. The van der Waals surface area contributed by atoms with E-state index in [0.29, 0.717) is 0 Å². The third-order valence-electron chi connectivity index (χ3n) is 3.58. The van der Waals surface area contributed by atoms with Crippen LogP contribution in [0.4, 0.5) is 5.69 Å². The zero-order valence-corrected chi connectivity index (χ0v) is 10.5. The molecule has 0 spiro atoms. The monoisotopic (exact) mass is 238 g/mol. The van der Waals surface area contributed by atoms with Crippen LogP contribution in [0, 0.1) is 0 Å². The summed E-state index contributed by atoms with van der Waals surface area (Å²) in [6, 6.07) is 12.7. The number of aryl methyl sites for hydroxylation is 1. The Kier molecular flexibility index (Phi) is 3.26. The summed E-state index contributed by atoms with van der Waals surface area (Å²) < 4.78 is 0. The molecule has 92 valence electrons. The van der Waals surface area contributed by atoms with E-state index in [4.69, 9.17) is 0 Å². The van der Waals surface area contributed by atoms with Gasteiger partial charge in [0.25, 0.3) is 0 Å². The number of aromatic nitrogens is 1.